The minimum Gasteiger partial charge on any atom is -0.450 e. The van der Waals surface area contributed by atoms with Crippen molar-refractivity contribution in [3.63, 3.8) is 0 Å². The third kappa shape index (κ3) is 4.40. The molecule has 108 valence electrons. The molecule has 3 N–H and O–H groups in total. The summed E-state index contributed by atoms with van der Waals surface area (Å²) in [6, 6.07) is -1.32. The van der Waals surface area contributed by atoms with Crippen LogP contribution in [0.15, 0.2) is 0 Å². The van der Waals surface area contributed by atoms with Gasteiger partial charge in [0.15, 0.2) is 0 Å². The first-order valence-corrected chi connectivity index (χ1v) is 6.21. The van der Waals surface area contributed by atoms with Crippen LogP contribution in [0.1, 0.15) is 13.8 Å². The summed E-state index contributed by atoms with van der Waals surface area (Å²) in [5.41, 5.74) is 4.90. The summed E-state index contributed by atoms with van der Waals surface area (Å²) < 4.78 is 4.91. The van der Waals surface area contributed by atoms with Crippen LogP contribution in [0.25, 0.3) is 0 Å². The second-order valence-electron chi connectivity index (χ2n) is 4.25. The van der Waals surface area contributed by atoms with E-state index in [1.165, 1.54) is 0 Å². The highest BCUT2D eigenvalue weighted by Gasteiger charge is 2.28. The maximum atomic E-state index is 11.6. The molecule has 0 aromatic rings. The minimum absolute atomic E-state index is 0.337. The fraction of sp³-hybridized carbons (Fsp3) is 0.727. The zero-order valence-electron chi connectivity index (χ0n) is 11.2. The Morgan fingerprint density at radius 1 is 1.26 bits per heavy atom. The molecule has 0 spiro atoms. The topological polar surface area (TPSA) is 105 Å². The molecule has 1 aliphatic heterocycles. The smallest absolute Gasteiger partial charge is 0.409 e. The van der Waals surface area contributed by atoms with Crippen LogP contribution in [0.5, 0.6) is 0 Å². The SMILES string of the molecule is CCOC(=O)N1CCN([C@@H](C)C(=O)NC(N)=O)CC1. The van der Waals surface area contributed by atoms with E-state index in [4.69, 9.17) is 10.5 Å². The second-order valence-corrected chi connectivity index (χ2v) is 4.25. The van der Waals surface area contributed by atoms with E-state index < -0.39 is 18.0 Å². The number of carbonyl (C=O) groups excluding carboxylic acids is 3. The number of hydrogen-bond acceptors (Lipinski definition) is 5. The van der Waals surface area contributed by atoms with Gasteiger partial charge >= 0.3 is 12.1 Å². The number of piperazine rings is 1. The largest absolute Gasteiger partial charge is 0.450 e. The van der Waals surface area contributed by atoms with E-state index in [1.54, 1.807) is 18.7 Å². The quantitative estimate of drug-likeness (QED) is 0.710. The number of nitrogens with one attached hydrogen (secondary N) is 1. The van der Waals surface area contributed by atoms with Gasteiger partial charge in [0.2, 0.25) is 5.91 Å². The number of primary amides is 1. The Balaban J connectivity index is 2.42. The molecule has 0 saturated carbocycles. The van der Waals surface area contributed by atoms with Crippen molar-refractivity contribution < 1.29 is 19.1 Å². The maximum Gasteiger partial charge on any atom is 0.409 e. The lowest BCUT2D eigenvalue weighted by molar-refractivity contribution is -0.125. The zero-order chi connectivity index (χ0) is 14.4. The molecule has 0 radical (unpaired) electrons. The lowest BCUT2D eigenvalue weighted by Gasteiger charge is -2.36. The molecule has 19 heavy (non-hydrogen) atoms. The molecule has 0 bridgehead atoms. The fourth-order valence-corrected chi connectivity index (χ4v) is 1.90. The molecular weight excluding hydrogens is 252 g/mol. The summed E-state index contributed by atoms with van der Waals surface area (Å²) in [4.78, 5) is 37.2. The van der Waals surface area contributed by atoms with Crippen molar-refractivity contribution in [1.29, 1.82) is 0 Å². The molecule has 1 heterocycles. The van der Waals surface area contributed by atoms with E-state index in [2.05, 4.69) is 0 Å². The fourth-order valence-electron chi connectivity index (χ4n) is 1.90. The van der Waals surface area contributed by atoms with Gasteiger partial charge in [-0.25, -0.2) is 9.59 Å². The van der Waals surface area contributed by atoms with E-state index >= 15 is 0 Å². The molecule has 0 aromatic carbocycles. The normalized spacial score (nSPS) is 17.7. The predicted molar refractivity (Wildman–Crippen MR) is 67.4 cm³/mol. The van der Waals surface area contributed by atoms with Gasteiger partial charge in [0, 0.05) is 26.2 Å². The van der Waals surface area contributed by atoms with E-state index in [9.17, 15) is 14.4 Å². The average Bonchev–Trinajstić information content (AvgIpc) is 2.37. The van der Waals surface area contributed by atoms with Crippen molar-refractivity contribution >= 4 is 18.0 Å². The van der Waals surface area contributed by atoms with Gasteiger partial charge in [-0.05, 0) is 13.8 Å². The Labute approximate surface area is 111 Å². The Morgan fingerprint density at radius 2 is 1.84 bits per heavy atom. The number of hydrogen-bond donors (Lipinski definition) is 2. The average molecular weight is 272 g/mol. The number of nitrogens with zero attached hydrogens (tertiary/aromatic N) is 2. The van der Waals surface area contributed by atoms with Gasteiger partial charge in [-0.2, -0.15) is 0 Å². The van der Waals surface area contributed by atoms with E-state index in [1.807, 2.05) is 10.2 Å². The van der Waals surface area contributed by atoms with Gasteiger partial charge in [0.05, 0.1) is 12.6 Å². The predicted octanol–water partition coefficient (Wildman–Crippen LogP) is -0.656. The Kier molecular flexibility index (Phi) is 5.56. The van der Waals surface area contributed by atoms with Crippen molar-refractivity contribution in [2.24, 2.45) is 5.73 Å². The third-order valence-electron chi connectivity index (χ3n) is 3.01. The van der Waals surface area contributed by atoms with Crippen LogP contribution in [0.2, 0.25) is 0 Å². The van der Waals surface area contributed by atoms with E-state index in [0.29, 0.717) is 32.8 Å². The van der Waals surface area contributed by atoms with Crippen LogP contribution in [0, 0.1) is 0 Å². The van der Waals surface area contributed by atoms with Crippen LogP contribution < -0.4 is 11.1 Å². The first-order valence-electron chi connectivity index (χ1n) is 6.21. The standard InChI is InChI=1S/C11H20N4O4/c1-3-19-11(18)15-6-4-14(5-7-15)8(2)9(16)13-10(12)17/h8H,3-7H2,1-2H3,(H3,12,13,16,17)/t8-/m0/s1. The summed E-state index contributed by atoms with van der Waals surface area (Å²) in [6.07, 6.45) is -0.337. The van der Waals surface area contributed by atoms with Gasteiger partial charge in [-0.15, -0.1) is 0 Å². The number of urea groups is 1. The Hall–Kier alpha value is -1.83. The van der Waals surface area contributed by atoms with Crippen molar-refractivity contribution in [3.8, 4) is 0 Å². The van der Waals surface area contributed by atoms with E-state index in [-0.39, 0.29) is 6.09 Å². The highest BCUT2D eigenvalue weighted by Crippen LogP contribution is 2.07. The van der Waals surface area contributed by atoms with Crippen LogP contribution >= 0.6 is 0 Å². The lowest BCUT2D eigenvalue weighted by Crippen LogP contribution is -2.56. The molecule has 1 aliphatic rings. The summed E-state index contributed by atoms with van der Waals surface area (Å²) in [5, 5.41) is 2.05. The van der Waals surface area contributed by atoms with E-state index in [0.717, 1.165) is 0 Å². The first-order chi connectivity index (χ1) is 8.95. The molecule has 0 aliphatic carbocycles. The summed E-state index contributed by atoms with van der Waals surface area (Å²) in [6.45, 7) is 5.87. The molecule has 0 aromatic heterocycles. The number of amides is 4. The van der Waals surface area contributed by atoms with Gasteiger partial charge in [-0.1, -0.05) is 0 Å². The number of rotatable bonds is 3. The summed E-state index contributed by atoms with van der Waals surface area (Å²) in [7, 11) is 0. The molecule has 8 heteroatoms. The number of carbonyl (C=O) groups is 3. The number of imide groups is 1. The third-order valence-corrected chi connectivity index (χ3v) is 3.01. The van der Waals surface area contributed by atoms with Crippen molar-refractivity contribution in [2.75, 3.05) is 32.8 Å². The highest BCUT2D eigenvalue weighted by atomic mass is 16.6. The zero-order valence-corrected chi connectivity index (χ0v) is 11.2. The molecule has 8 nitrogen and oxygen atoms in total. The lowest BCUT2D eigenvalue weighted by atomic mass is 10.2. The Bertz CT molecular complexity index is 353. The molecule has 4 amide bonds. The van der Waals surface area contributed by atoms with Crippen molar-refractivity contribution in [2.45, 2.75) is 19.9 Å². The van der Waals surface area contributed by atoms with Crippen LogP contribution in [-0.2, 0) is 9.53 Å². The Morgan fingerprint density at radius 3 is 2.32 bits per heavy atom. The summed E-state index contributed by atoms with van der Waals surface area (Å²) >= 11 is 0. The molecule has 0 unspecified atom stereocenters. The van der Waals surface area contributed by atoms with Gasteiger partial charge in [0.25, 0.3) is 0 Å². The van der Waals surface area contributed by atoms with Crippen LogP contribution in [0.3, 0.4) is 0 Å². The van der Waals surface area contributed by atoms with Crippen molar-refractivity contribution in [1.82, 2.24) is 15.1 Å². The number of ether oxygens (including phenoxy) is 1. The van der Waals surface area contributed by atoms with Gasteiger partial charge in [0.1, 0.15) is 0 Å². The van der Waals surface area contributed by atoms with Crippen LogP contribution in [0.4, 0.5) is 9.59 Å². The second kappa shape index (κ2) is 6.93. The molecule has 1 atom stereocenters. The minimum atomic E-state index is -0.859. The molecule has 1 rings (SSSR count). The summed E-state index contributed by atoms with van der Waals surface area (Å²) in [5.74, 6) is -0.433. The van der Waals surface area contributed by atoms with Crippen LogP contribution in [-0.4, -0.2) is 66.7 Å². The molecule has 1 saturated heterocycles. The maximum absolute atomic E-state index is 11.6. The van der Waals surface area contributed by atoms with Gasteiger partial charge < -0.3 is 15.4 Å². The first kappa shape index (κ1) is 15.2. The highest BCUT2D eigenvalue weighted by molar-refractivity contribution is 5.96. The molecule has 1 fully saturated rings. The van der Waals surface area contributed by atoms with Crippen molar-refractivity contribution in [3.05, 3.63) is 0 Å². The van der Waals surface area contributed by atoms with Gasteiger partial charge in [-0.3, -0.25) is 15.0 Å². The number of nitrogens with two attached hydrogens (primary N) is 1. The monoisotopic (exact) mass is 272 g/mol. The molecular formula is C11H20N4O4.